The number of hydrogen-bond donors (Lipinski definition) is 0. The Labute approximate surface area is 348 Å². The summed E-state index contributed by atoms with van der Waals surface area (Å²) in [5.74, 6) is 0.762. The van der Waals surface area contributed by atoms with Gasteiger partial charge in [0.25, 0.3) is 0 Å². The van der Waals surface area contributed by atoms with Crippen molar-refractivity contribution in [2.24, 2.45) is 0 Å². The monoisotopic (exact) mass is 776 g/mol. The first-order valence-electron chi connectivity index (χ1n) is 20.7. The second-order valence-electron chi connectivity index (χ2n) is 16.1. The third kappa shape index (κ3) is 4.49. The smallest absolute Gasteiger partial charge is 0.247 e. The predicted octanol–water partition coefficient (Wildman–Crippen LogP) is 14.8. The van der Waals surface area contributed by atoms with Crippen LogP contribution in [0.5, 0.6) is 0 Å². The first-order valence-corrected chi connectivity index (χ1v) is 20.7. The van der Waals surface area contributed by atoms with Gasteiger partial charge in [0, 0.05) is 38.2 Å². The lowest BCUT2D eigenvalue weighted by molar-refractivity contribution is 0.653. The maximum absolute atomic E-state index is 6.43. The summed E-state index contributed by atoms with van der Waals surface area (Å²) in [5.41, 5.74) is 11.7. The van der Waals surface area contributed by atoms with Gasteiger partial charge in [-0.15, -0.1) is 0 Å². The molecule has 5 nitrogen and oxygen atoms in total. The van der Waals surface area contributed by atoms with Crippen molar-refractivity contribution < 1.29 is 4.42 Å². The van der Waals surface area contributed by atoms with E-state index >= 15 is 0 Å². The number of fused-ring (bicyclic) bond motifs is 7. The van der Waals surface area contributed by atoms with E-state index in [4.69, 9.17) is 14.4 Å². The van der Waals surface area contributed by atoms with Crippen molar-refractivity contribution in [2.75, 3.05) is 0 Å². The average Bonchev–Trinajstić information content (AvgIpc) is 3.98. The first kappa shape index (κ1) is 32.7. The summed E-state index contributed by atoms with van der Waals surface area (Å²) in [6, 6.07) is 69.8. The maximum Gasteiger partial charge on any atom is 0.247 e. The molecule has 0 saturated carbocycles. The molecular formula is C56H32N4O. The van der Waals surface area contributed by atoms with Crippen molar-refractivity contribution >= 4 is 98.1 Å². The third-order valence-electron chi connectivity index (χ3n) is 12.9. The Hall–Kier alpha value is -8.28. The van der Waals surface area contributed by atoms with E-state index in [0.29, 0.717) is 5.71 Å². The van der Waals surface area contributed by atoms with Crippen LogP contribution in [0, 0.1) is 0 Å². The van der Waals surface area contributed by atoms with Gasteiger partial charge >= 0.3 is 0 Å². The van der Waals surface area contributed by atoms with Gasteiger partial charge in [0.1, 0.15) is 16.8 Å². The van der Waals surface area contributed by atoms with Crippen molar-refractivity contribution in [3.05, 3.63) is 194 Å². The van der Waals surface area contributed by atoms with E-state index in [1.807, 2.05) is 18.2 Å². The molecule has 14 rings (SSSR count). The average molecular weight is 777 g/mol. The van der Waals surface area contributed by atoms with Crippen LogP contribution in [0.4, 0.5) is 0 Å². The van der Waals surface area contributed by atoms with E-state index in [9.17, 15) is 0 Å². The maximum atomic E-state index is 6.43. The fourth-order valence-corrected chi connectivity index (χ4v) is 10.3. The van der Waals surface area contributed by atoms with Crippen LogP contribution in [0.25, 0.3) is 132 Å². The second kappa shape index (κ2) is 12.1. The van der Waals surface area contributed by atoms with Crippen LogP contribution in [-0.4, -0.2) is 19.1 Å². The zero-order chi connectivity index (χ0) is 39.8. The molecule has 0 amide bonds. The molecule has 0 radical (unpaired) electrons. The van der Waals surface area contributed by atoms with Crippen LogP contribution in [-0.2, 0) is 0 Å². The Morgan fingerprint density at radius 3 is 1.72 bits per heavy atom. The number of hydrogen-bond acceptors (Lipinski definition) is 3. The molecule has 0 saturated heterocycles. The van der Waals surface area contributed by atoms with Gasteiger partial charge in [-0.05, 0) is 98.0 Å². The quantitative estimate of drug-likeness (QED) is 0.179. The molecule has 10 aromatic carbocycles. The van der Waals surface area contributed by atoms with Crippen molar-refractivity contribution in [2.45, 2.75) is 0 Å². The van der Waals surface area contributed by atoms with Crippen LogP contribution >= 0.6 is 0 Å². The van der Waals surface area contributed by atoms with Gasteiger partial charge in [-0.25, -0.2) is 9.97 Å². The summed E-state index contributed by atoms with van der Waals surface area (Å²) < 4.78 is 11.3. The van der Waals surface area contributed by atoms with E-state index in [-0.39, 0.29) is 0 Å². The minimum absolute atomic E-state index is 0.522. The van der Waals surface area contributed by atoms with Gasteiger partial charge in [-0.1, -0.05) is 140 Å². The number of para-hydroxylation sites is 1. The second-order valence-corrected chi connectivity index (χ2v) is 16.1. The van der Waals surface area contributed by atoms with Crippen LogP contribution in [0.15, 0.2) is 199 Å². The van der Waals surface area contributed by atoms with Crippen LogP contribution < -0.4 is 0 Å². The van der Waals surface area contributed by atoms with Gasteiger partial charge in [0.15, 0.2) is 5.82 Å². The van der Waals surface area contributed by atoms with Crippen molar-refractivity contribution in [1.82, 2.24) is 19.1 Å². The zero-order valence-electron chi connectivity index (χ0n) is 32.7. The Kier molecular flexibility index (Phi) is 6.49. The van der Waals surface area contributed by atoms with Crippen molar-refractivity contribution in [3.8, 4) is 33.9 Å². The largest absolute Gasteiger partial charge is 0.436 e. The summed E-state index contributed by atoms with van der Waals surface area (Å²) in [4.78, 5) is 11.0. The fraction of sp³-hybridized carbons (Fsp3) is 0. The zero-order valence-corrected chi connectivity index (χ0v) is 32.7. The van der Waals surface area contributed by atoms with Crippen LogP contribution in [0.2, 0.25) is 0 Å². The van der Waals surface area contributed by atoms with E-state index < -0.39 is 0 Å². The predicted molar refractivity (Wildman–Crippen MR) is 253 cm³/mol. The Balaban J connectivity index is 1.18. The molecule has 4 heterocycles. The molecule has 0 bridgehead atoms. The summed E-state index contributed by atoms with van der Waals surface area (Å²) in [7, 11) is 0. The number of nitrogens with zero attached hydrogens (tertiary/aromatic N) is 4. The molecule has 0 unspecified atom stereocenters. The molecule has 4 aromatic heterocycles. The molecule has 0 aliphatic rings. The van der Waals surface area contributed by atoms with Gasteiger partial charge in [0.05, 0.1) is 22.1 Å². The highest BCUT2D eigenvalue weighted by Gasteiger charge is 2.27. The summed E-state index contributed by atoms with van der Waals surface area (Å²) in [5, 5.41) is 13.0. The lowest BCUT2D eigenvalue weighted by Gasteiger charge is -2.13. The van der Waals surface area contributed by atoms with Crippen LogP contribution in [0.3, 0.4) is 0 Å². The molecule has 0 N–H and O–H groups in total. The SMILES string of the molecule is c1ccc(-c2cccc(-n3c4cccc5c6ccccc6c6cccc7c6c6c(c54)c3ccc6n7-c3nc4c(nc3-c3ccc5ccccc5c3)oc3ccccc34)c2)cc1. The molecule has 5 heteroatoms. The topological polar surface area (TPSA) is 48.8 Å². The first-order chi connectivity index (χ1) is 30.3. The normalized spacial score (nSPS) is 12.3. The fourth-order valence-electron chi connectivity index (χ4n) is 10.3. The van der Waals surface area contributed by atoms with Crippen molar-refractivity contribution in [3.63, 3.8) is 0 Å². The lowest BCUT2D eigenvalue weighted by atomic mass is 9.95. The molecule has 0 spiro atoms. The minimum Gasteiger partial charge on any atom is -0.436 e. The standard InChI is InChI=1S/C56H32N4O/c1-2-13-33(14-3-1)36-17-10-18-38(32-36)59-44-24-11-22-41-39-19-6-7-20-40(39)42-23-12-25-45-50(42)52-47(30-29-46(59)51(52)49(41)44)60(45)55-53(37-28-27-34-15-4-5-16-35(34)31-37)58-56-54(57-55)43-21-8-9-26-48(43)61-56/h1-32H. The molecule has 61 heavy (non-hydrogen) atoms. The van der Waals surface area contributed by atoms with E-state index in [1.54, 1.807) is 0 Å². The van der Waals surface area contributed by atoms with Gasteiger partial charge < -0.3 is 8.98 Å². The molecule has 0 aliphatic heterocycles. The number of furan rings is 1. The third-order valence-corrected chi connectivity index (χ3v) is 12.9. The van der Waals surface area contributed by atoms with E-state index in [1.165, 1.54) is 65.1 Å². The Morgan fingerprint density at radius 1 is 0.361 bits per heavy atom. The molecule has 0 fully saturated rings. The van der Waals surface area contributed by atoms with Gasteiger partial charge in [-0.2, -0.15) is 0 Å². The molecule has 14 aromatic rings. The van der Waals surface area contributed by atoms with Crippen molar-refractivity contribution in [1.29, 1.82) is 0 Å². The van der Waals surface area contributed by atoms with Gasteiger partial charge in [-0.3, -0.25) is 4.57 Å². The van der Waals surface area contributed by atoms with Gasteiger partial charge in [0.2, 0.25) is 5.71 Å². The number of rotatable bonds is 4. The number of benzene rings is 9. The van der Waals surface area contributed by atoms with E-state index in [2.05, 4.69) is 185 Å². The summed E-state index contributed by atoms with van der Waals surface area (Å²) in [6.07, 6.45) is 0. The molecule has 0 aliphatic carbocycles. The lowest BCUT2D eigenvalue weighted by Crippen LogP contribution is -2.03. The summed E-state index contributed by atoms with van der Waals surface area (Å²) >= 11 is 0. The Morgan fingerprint density at radius 2 is 0.951 bits per heavy atom. The van der Waals surface area contributed by atoms with Crippen LogP contribution in [0.1, 0.15) is 0 Å². The highest BCUT2D eigenvalue weighted by atomic mass is 16.3. The molecule has 0 atom stereocenters. The highest BCUT2D eigenvalue weighted by Crippen LogP contribution is 2.48. The molecule has 282 valence electrons. The minimum atomic E-state index is 0.522. The van der Waals surface area contributed by atoms with E-state index in [0.717, 1.165) is 61.2 Å². The Bertz CT molecular complexity index is 4120. The highest BCUT2D eigenvalue weighted by molar-refractivity contribution is 6.39. The number of aromatic nitrogens is 4. The summed E-state index contributed by atoms with van der Waals surface area (Å²) in [6.45, 7) is 0. The molecular weight excluding hydrogens is 745 g/mol.